The van der Waals surface area contributed by atoms with Crippen LogP contribution in [0.4, 0.5) is 0 Å². The van der Waals surface area contributed by atoms with E-state index in [0.717, 1.165) is 17.7 Å². The maximum Gasteiger partial charge on any atom is 0.122 e. The molecule has 0 aliphatic heterocycles. The van der Waals surface area contributed by atoms with Gasteiger partial charge in [-0.2, -0.15) is 0 Å². The van der Waals surface area contributed by atoms with Gasteiger partial charge in [-0.1, -0.05) is 29.8 Å². The Kier molecular flexibility index (Phi) is 4.65. The van der Waals surface area contributed by atoms with Crippen molar-refractivity contribution in [2.24, 2.45) is 0 Å². The lowest BCUT2D eigenvalue weighted by molar-refractivity contribution is 0.182. The molecule has 0 atom stereocenters. The summed E-state index contributed by atoms with van der Waals surface area (Å²) in [5.74, 6) is 0.903. The van der Waals surface area contributed by atoms with Gasteiger partial charge in [0.15, 0.2) is 0 Å². The number of para-hydroxylation sites is 1. The number of benzene rings is 1. The molecule has 1 aromatic carbocycles. The lowest BCUT2D eigenvalue weighted by Crippen LogP contribution is -1.98. The molecule has 0 bridgehead atoms. The van der Waals surface area contributed by atoms with Crippen LogP contribution in [0.2, 0.25) is 0 Å². The maximum atomic E-state index is 5.39. The van der Waals surface area contributed by atoms with Crippen molar-refractivity contribution in [3.05, 3.63) is 29.8 Å². The number of halogens is 1. The number of hydrogen-bond acceptors (Lipinski definition) is 2. The summed E-state index contributed by atoms with van der Waals surface area (Å²) in [6.07, 6.45) is 0.830. The average Bonchev–Trinajstić information content (AvgIpc) is 2.19. The monoisotopic (exact) mass is 200 g/mol. The van der Waals surface area contributed by atoms with E-state index in [1.165, 1.54) is 0 Å². The molecule has 0 heterocycles. The van der Waals surface area contributed by atoms with Gasteiger partial charge in [0.2, 0.25) is 0 Å². The summed E-state index contributed by atoms with van der Waals surface area (Å²) < 4.78 is 10.2. The van der Waals surface area contributed by atoms with Crippen molar-refractivity contribution in [3.8, 4) is 5.75 Å². The van der Waals surface area contributed by atoms with Crippen LogP contribution >= 0.6 is 11.6 Å². The Morgan fingerprint density at radius 3 is 2.77 bits per heavy atom. The second-order valence-corrected chi connectivity index (χ2v) is 2.80. The number of rotatable bonds is 5. The van der Waals surface area contributed by atoms with E-state index in [-0.39, 0.29) is 6.07 Å². The molecule has 0 aromatic heterocycles. The molecule has 0 N–H and O–H groups in total. The summed E-state index contributed by atoms with van der Waals surface area (Å²) in [5.41, 5.74) is 1.15. The van der Waals surface area contributed by atoms with Gasteiger partial charge in [0.25, 0.3) is 0 Å². The van der Waals surface area contributed by atoms with Gasteiger partial charge in [-0.05, 0) is 18.1 Å². The van der Waals surface area contributed by atoms with E-state index in [2.05, 4.69) is 0 Å². The molecular weight excluding hydrogens is 188 g/mol. The molecule has 2 nitrogen and oxygen atoms in total. The van der Waals surface area contributed by atoms with E-state index in [0.29, 0.717) is 6.61 Å². The van der Waals surface area contributed by atoms with Crippen molar-refractivity contribution in [1.82, 2.24) is 0 Å². The summed E-state index contributed by atoms with van der Waals surface area (Å²) in [4.78, 5) is 0. The summed E-state index contributed by atoms with van der Waals surface area (Å²) in [5, 5.41) is 0. The minimum absolute atomic E-state index is 0.245. The fourth-order valence-electron chi connectivity index (χ4n) is 1.15. The average molecular weight is 201 g/mol. The predicted molar refractivity (Wildman–Crippen MR) is 53.4 cm³/mol. The van der Waals surface area contributed by atoms with Crippen molar-refractivity contribution in [3.63, 3.8) is 0 Å². The molecule has 72 valence electrons. The van der Waals surface area contributed by atoms with Crippen molar-refractivity contribution in [1.29, 1.82) is 0 Å². The van der Waals surface area contributed by atoms with Gasteiger partial charge >= 0.3 is 0 Å². The zero-order valence-corrected chi connectivity index (χ0v) is 8.38. The zero-order chi connectivity index (χ0) is 9.52. The highest BCUT2D eigenvalue weighted by molar-refractivity contribution is 6.17. The van der Waals surface area contributed by atoms with Gasteiger partial charge in [-0.15, -0.1) is 0 Å². The van der Waals surface area contributed by atoms with E-state index in [1.807, 2.05) is 24.3 Å². The second kappa shape index (κ2) is 5.84. The molecule has 13 heavy (non-hydrogen) atoms. The number of ether oxygens (including phenoxy) is 2. The van der Waals surface area contributed by atoms with Crippen LogP contribution in [0.1, 0.15) is 5.56 Å². The van der Waals surface area contributed by atoms with Crippen LogP contribution in [0, 0.1) is 0 Å². The van der Waals surface area contributed by atoms with E-state index in [4.69, 9.17) is 21.1 Å². The summed E-state index contributed by atoms with van der Waals surface area (Å²) in [7, 11) is 1.67. The topological polar surface area (TPSA) is 18.5 Å². The first kappa shape index (κ1) is 10.4. The molecular formula is C10H13ClO2. The van der Waals surface area contributed by atoms with Gasteiger partial charge in [0.1, 0.15) is 11.8 Å². The van der Waals surface area contributed by atoms with Crippen LogP contribution in [0.5, 0.6) is 5.75 Å². The predicted octanol–water partition coefficient (Wildman–Crippen LogP) is 2.45. The fourth-order valence-corrected chi connectivity index (χ4v) is 1.26. The zero-order valence-electron chi connectivity index (χ0n) is 7.63. The molecule has 0 spiro atoms. The normalized spacial score (nSPS) is 10.0. The number of hydrogen-bond donors (Lipinski definition) is 0. The van der Waals surface area contributed by atoms with Gasteiger partial charge < -0.3 is 9.47 Å². The van der Waals surface area contributed by atoms with Crippen molar-refractivity contribution < 1.29 is 9.47 Å². The van der Waals surface area contributed by atoms with E-state index in [1.54, 1.807) is 7.11 Å². The van der Waals surface area contributed by atoms with E-state index < -0.39 is 0 Å². The highest BCUT2D eigenvalue weighted by Gasteiger charge is 2.00. The Hall–Kier alpha value is -0.730. The first-order valence-electron chi connectivity index (χ1n) is 4.14. The van der Waals surface area contributed by atoms with Crippen molar-refractivity contribution in [2.45, 2.75) is 6.42 Å². The molecule has 1 rings (SSSR count). The summed E-state index contributed by atoms with van der Waals surface area (Å²) in [6, 6.07) is 8.14. The molecule has 0 radical (unpaired) electrons. The van der Waals surface area contributed by atoms with Crippen LogP contribution in [-0.4, -0.2) is 19.8 Å². The standard InChI is InChI=1S/C10H13ClO2/c1-12-10-5-3-2-4-9(10)6-7-13-8-11/h2-5H,6-8H2,1H3. The highest BCUT2D eigenvalue weighted by atomic mass is 35.5. The fraction of sp³-hybridized carbons (Fsp3) is 0.400. The molecule has 0 aliphatic carbocycles. The van der Waals surface area contributed by atoms with Gasteiger partial charge in [0.05, 0.1) is 13.7 Å². The lowest BCUT2D eigenvalue weighted by atomic mass is 10.1. The Bertz CT molecular complexity index is 250. The highest BCUT2D eigenvalue weighted by Crippen LogP contribution is 2.17. The Morgan fingerprint density at radius 1 is 1.31 bits per heavy atom. The lowest BCUT2D eigenvalue weighted by Gasteiger charge is -2.07. The van der Waals surface area contributed by atoms with Crippen LogP contribution in [-0.2, 0) is 11.2 Å². The van der Waals surface area contributed by atoms with Crippen molar-refractivity contribution >= 4 is 11.6 Å². The molecule has 0 aliphatic rings. The van der Waals surface area contributed by atoms with Crippen LogP contribution in [0.3, 0.4) is 0 Å². The molecule has 0 amide bonds. The van der Waals surface area contributed by atoms with Crippen LogP contribution in [0.25, 0.3) is 0 Å². The Labute approximate surface area is 83.4 Å². The van der Waals surface area contributed by atoms with Crippen LogP contribution < -0.4 is 4.74 Å². The first-order valence-corrected chi connectivity index (χ1v) is 4.67. The molecule has 0 saturated carbocycles. The first-order chi connectivity index (χ1) is 6.38. The van der Waals surface area contributed by atoms with Gasteiger partial charge in [0, 0.05) is 0 Å². The van der Waals surface area contributed by atoms with Crippen LogP contribution in [0.15, 0.2) is 24.3 Å². The third-order valence-electron chi connectivity index (χ3n) is 1.79. The largest absolute Gasteiger partial charge is 0.496 e. The van der Waals surface area contributed by atoms with Crippen molar-refractivity contribution in [2.75, 3.05) is 19.8 Å². The molecule has 0 fully saturated rings. The summed E-state index contributed by atoms with van der Waals surface area (Å²) in [6.45, 7) is 0.629. The number of alkyl halides is 1. The molecule has 3 heteroatoms. The second-order valence-electron chi connectivity index (χ2n) is 2.58. The van der Waals surface area contributed by atoms with E-state index >= 15 is 0 Å². The molecule has 0 unspecified atom stereocenters. The number of methoxy groups -OCH3 is 1. The Morgan fingerprint density at radius 2 is 2.08 bits per heavy atom. The quantitative estimate of drug-likeness (QED) is 0.537. The SMILES string of the molecule is COc1ccccc1CCOCCl. The third kappa shape index (κ3) is 3.25. The minimum Gasteiger partial charge on any atom is -0.496 e. The van der Waals surface area contributed by atoms with E-state index in [9.17, 15) is 0 Å². The van der Waals surface area contributed by atoms with Gasteiger partial charge in [-0.3, -0.25) is 0 Å². The van der Waals surface area contributed by atoms with Gasteiger partial charge in [-0.25, -0.2) is 0 Å². The maximum absolute atomic E-state index is 5.39. The molecule has 0 saturated heterocycles. The molecule has 1 aromatic rings. The minimum atomic E-state index is 0.245. The Balaban J connectivity index is 2.54. The smallest absolute Gasteiger partial charge is 0.122 e. The third-order valence-corrected chi connectivity index (χ3v) is 1.94. The summed E-state index contributed by atoms with van der Waals surface area (Å²) >= 11 is 5.39.